The van der Waals surface area contributed by atoms with Gasteiger partial charge >= 0.3 is 0 Å². The van der Waals surface area contributed by atoms with E-state index in [9.17, 15) is 0 Å². The smallest absolute Gasteiger partial charge is 0.0241 e. The third kappa shape index (κ3) is 4.75. The molecule has 0 aliphatic heterocycles. The summed E-state index contributed by atoms with van der Waals surface area (Å²) in [6.07, 6.45) is 17.1. The van der Waals surface area contributed by atoms with Crippen LogP contribution in [0.5, 0.6) is 0 Å². The van der Waals surface area contributed by atoms with Gasteiger partial charge < -0.3 is 0 Å². The number of hydrogen-bond acceptors (Lipinski definition) is 2. The SMILES string of the molecule is CCCCC1CCC(C(CC2CCCC2)NN)CC1. The van der Waals surface area contributed by atoms with Crippen LogP contribution >= 0.6 is 0 Å². The molecular weight excluding hydrogens is 232 g/mol. The maximum atomic E-state index is 5.85. The fourth-order valence-corrected chi connectivity index (χ4v) is 4.37. The molecule has 2 rings (SSSR count). The van der Waals surface area contributed by atoms with E-state index in [4.69, 9.17) is 5.84 Å². The van der Waals surface area contributed by atoms with Crippen LogP contribution in [-0.2, 0) is 0 Å². The molecule has 19 heavy (non-hydrogen) atoms. The monoisotopic (exact) mass is 266 g/mol. The third-order valence-electron chi connectivity index (χ3n) is 5.70. The van der Waals surface area contributed by atoms with Crippen molar-refractivity contribution in [1.29, 1.82) is 0 Å². The Kier molecular flexibility index (Phi) is 6.66. The van der Waals surface area contributed by atoms with Gasteiger partial charge in [-0.1, -0.05) is 64.7 Å². The average molecular weight is 266 g/mol. The number of nitrogens with two attached hydrogens (primary N) is 1. The van der Waals surface area contributed by atoms with E-state index in [0.29, 0.717) is 6.04 Å². The van der Waals surface area contributed by atoms with E-state index in [2.05, 4.69) is 12.3 Å². The molecule has 2 aliphatic carbocycles. The lowest BCUT2D eigenvalue weighted by Crippen LogP contribution is -2.43. The molecule has 2 nitrogen and oxygen atoms in total. The van der Waals surface area contributed by atoms with Gasteiger partial charge in [-0.15, -0.1) is 0 Å². The predicted molar refractivity (Wildman–Crippen MR) is 82.7 cm³/mol. The Morgan fingerprint density at radius 3 is 2.26 bits per heavy atom. The quantitative estimate of drug-likeness (QED) is 0.529. The minimum absolute atomic E-state index is 0.593. The van der Waals surface area contributed by atoms with Crippen LogP contribution in [0.1, 0.15) is 84.0 Å². The van der Waals surface area contributed by atoms with Crippen LogP contribution in [0, 0.1) is 17.8 Å². The highest BCUT2D eigenvalue weighted by molar-refractivity contribution is 4.83. The van der Waals surface area contributed by atoms with E-state index in [-0.39, 0.29) is 0 Å². The highest BCUT2D eigenvalue weighted by Gasteiger charge is 2.29. The Balaban J connectivity index is 1.71. The Hall–Kier alpha value is -0.0800. The Labute approximate surface area is 119 Å². The summed E-state index contributed by atoms with van der Waals surface area (Å²) >= 11 is 0. The zero-order valence-corrected chi connectivity index (χ0v) is 12.9. The predicted octanol–water partition coefficient (Wildman–Crippen LogP) is 4.40. The molecule has 2 heteroatoms. The van der Waals surface area contributed by atoms with Gasteiger partial charge in [0, 0.05) is 6.04 Å². The Morgan fingerprint density at radius 2 is 1.68 bits per heavy atom. The number of nitrogens with one attached hydrogen (secondary N) is 1. The topological polar surface area (TPSA) is 38.0 Å². The van der Waals surface area contributed by atoms with Crippen LogP contribution in [0.15, 0.2) is 0 Å². The third-order valence-corrected chi connectivity index (χ3v) is 5.70. The molecule has 3 N–H and O–H groups in total. The lowest BCUT2D eigenvalue weighted by Gasteiger charge is -2.34. The number of hydrazine groups is 1. The second-order valence-corrected chi connectivity index (χ2v) is 7.08. The summed E-state index contributed by atoms with van der Waals surface area (Å²) in [5.41, 5.74) is 3.16. The van der Waals surface area contributed by atoms with Gasteiger partial charge in [0.1, 0.15) is 0 Å². The van der Waals surface area contributed by atoms with Crippen molar-refractivity contribution >= 4 is 0 Å². The first-order valence-corrected chi connectivity index (χ1v) is 8.79. The van der Waals surface area contributed by atoms with Gasteiger partial charge in [-0.25, -0.2) is 0 Å². The van der Waals surface area contributed by atoms with E-state index >= 15 is 0 Å². The standard InChI is InChI=1S/C17H34N2/c1-2-3-6-14-9-11-16(12-10-14)17(19-18)13-15-7-4-5-8-15/h14-17,19H,2-13,18H2,1H3. The van der Waals surface area contributed by atoms with Crippen LogP contribution in [0.25, 0.3) is 0 Å². The molecule has 0 heterocycles. The molecule has 2 saturated carbocycles. The molecular formula is C17H34N2. The first-order valence-electron chi connectivity index (χ1n) is 8.79. The van der Waals surface area contributed by atoms with E-state index in [1.807, 2.05) is 0 Å². The number of hydrogen-bond donors (Lipinski definition) is 2. The second-order valence-electron chi connectivity index (χ2n) is 7.08. The zero-order valence-electron chi connectivity index (χ0n) is 12.9. The van der Waals surface area contributed by atoms with Gasteiger partial charge in [0.25, 0.3) is 0 Å². The van der Waals surface area contributed by atoms with Crippen molar-refractivity contribution in [3.63, 3.8) is 0 Å². The van der Waals surface area contributed by atoms with Crippen molar-refractivity contribution in [3.05, 3.63) is 0 Å². The van der Waals surface area contributed by atoms with E-state index in [1.165, 1.54) is 77.0 Å². The van der Waals surface area contributed by atoms with E-state index in [0.717, 1.165) is 17.8 Å². The molecule has 2 aliphatic rings. The van der Waals surface area contributed by atoms with Gasteiger partial charge in [-0.2, -0.15) is 0 Å². The molecule has 1 atom stereocenters. The van der Waals surface area contributed by atoms with Crippen molar-refractivity contribution in [2.45, 2.75) is 90.0 Å². The summed E-state index contributed by atoms with van der Waals surface area (Å²) in [4.78, 5) is 0. The van der Waals surface area contributed by atoms with Gasteiger partial charge in [-0.05, 0) is 37.0 Å². The van der Waals surface area contributed by atoms with Crippen molar-refractivity contribution in [3.8, 4) is 0 Å². The molecule has 0 aromatic carbocycles. The van der Waals surface area contributed by atoms with Crippen LogP contribution < -0.4 is 11.3 Å². The molecule has 0 spiro atoms. The molecule has 0 bridgehead atoms. The van der Waals surface area contributed by atoms with Crippen molar-refractivity contribution < 1.29 is 0 Å². The highest BCUT2D eigenvalue weighted by atomic mass is 15.2. The minimum Gasteiger partial charge on any atom is -0.271 e. The fourth-order valence-electron chi connectivity index (χ4n) is 4.37. The average Bonchev–Trinajstić information content (AvgIpc) is 2.96. The summed E-state index contributed by atoms with van der Waals surface area (Å²) in [6, 6.07) is 0.593. The summed E-state index contributed by atoms with van der Waals surface area (Å²) < 4.78 is 0. The van der Waals surface area contributed by atoms with Gasteiger partial charge in [-0.3, -0.25) is 11.3 Å². The number of unbranched alkanes of at least 4 members (excludes halogenated alkanes) is 1. The first kappa shape index (κ1) is 15.3. The Morgan fingerprint density at radius 1 is 1.00 bits per heavy atom. The first-order chi connectivity index (χ1) is 9.33. The largest absolute Gasteiger partial charge is 0.271 e. The number of rotatable bonds is 7. The zero-order chi connectivity index (χ0) is 13.5. The lowest BCUT2D eigenvalue weighted by atomic mass is 9.75. The summed E-state index contributed by atoms with van der Waals surface area (Å²) in [5, 5.41) is 0. The summed E-state index contributed by atoms with van der Waals surface area (Å²) in [6.45, 7) is 2.31. The van der Waals surface area contributed by atoms with E-state index < -0.39 is 0 Å². The second kappa shape index (κ2) is 8.26. The molecule has 112 valence electrons. The van der Waals surface area contributed by atoms with Gasteiger partial charge in [0.15, 0.2) is 0 Å². The Bertz CT molecular complexity index is 227. The van der Waals surface area contributed by atoms with E-state index in [1.54, 1.807) is 0 Å². The molecule has 0 radical (unpaired) electrons. The molecule has 1 unspecified atom stereocenters. The summed E-state index contributed by atoms with van der Waals surface area (Å²) in [7, 11) is 0. The van der Waals surface area contributed by atoms with Crippen molar-refractivity contribution in [1.82, 2.24) is 5.43 Å². The van der Waals surface area contributed by atoms with Gasteiger partial charge in [0.05, 0.1) is 0 Å². The van der Waals surface area contributed by atoms with Crippen LogP contribution in [0.2, 0.25) is 0 Å². The maximum Gasteiger partial charge on any atom is 0.0241 e. The normalized spacial score (nSPS) is 30.6. The molecule has 0 saturated heterocycles. The minimum atomic E-state index is 0.593. The van der Waals surface area contributed by atoms with Gasteiger partial charge in [0.2, 0.25) is 0 Å². The molecule has 2 fully saturated rings. The molecule has 0 aromatic rings. The lowest BCUT2D eigenvalue weighted by molar-refractivity contribution is 0.193. The molecule has 0 amide bonds. The van der Waals surface area contributed by atoms with Crippen LogP contribution in [0.4, 0.5) is 0 Å². The van der Waals surface area contributed by atoms with Crippen LogP contribution in [0.3, 0.4) is 0 Å². The molecule has 0 aromatic heterocycles. The highest BCUT2D eigenvalue weighted by Crippen LogP contribution is 2.37. The summed E-state index contributed by atoms with van der Waals surface area (Å²) in [5.74, 6) is 8.67. The van der Waals surface area contributed by atoms with Crippen LogP contribution in [-0.4, -0.2) is 6.04 Å². The fraction of sp³-hybridized carbons (Fsp3) is 1.00. The maximum absolute atomic E-state index is 5.85. The van der Waals surface area contributed by atoms with Crippen molar-refractivity contribution in [2.75, 3.05) is 0 Å². The van der Waals surface area contributed by atoms with Crippen molar-refractivity contribution in [2.24, 2.45) is 23.6 Å².